The molecule has 0 aliphatic heterocycles. The summed E-state index contributed by atoms with van der Waals surface area (Å²) in [5.74, 6) is -0.00184. The Morgan fingerprint density at radius 2 is 1.76 bits per heavy atom. The lowest BCUT2D eigenvalue weighted by Gasteiger charge is -2.19. The van der Waals surface area contributed by atoms with Crippen LogP contribution >= 0.6 is 11.6 Å². The molecule has 3 amide bonds. The summed E-state index contributed by atoms with van der Waals surface area (Å²) in [5, 5.41) is 8.65. The van der Waals surface area contributed by atoms with Crippen molar-refractivity contribution in [2.45, 2.75) is 30.2 Å². The van der Waals surface area contributed by atoms with Gasteiger partial charge in [0.15, 0.2) is 9.84 Å². The van der Waals surface area contributed by atoms with Gasteiger partial charge in [-0.25, -0.2) is 18.2 Å². The fourth-order valence-corrected chi connectivity index (χ4v) is 4.61. The van der Waals surface area contributed by atoms with Crippen molar-refractivity contribution >= 4 is 44.9 Å². The van der Waals surface area contributed by atoms with E-state index in [4.69, 9.17) is 11.6 Å². The molecular formula is C24H23ClN4O4S. The Morgan fingerprint density at radius 3 is 2.38 bits per heavy atom. The number of aromatic nitrogens is 1. The Hall–Kier alpha value is -3.43. The lowest BCUT2D eigenvalue weighted by Crippen LogP contribution is -2.47. The minimum absolute atomic E-state index is 0.244. The fraction of sp³-hybridized carbons (Fsp3) is 0.208. The van der Waals surface area contributed by atoms with Gasteiger partial charge in [-0.05, 0) is 61.2 Å². The van der Waals surface area contributed by atoms with Crippen LogP contribution in [0.4, 0.5) is 16.3 Å². The smallest absolute Gasteiger partial charge is 0.321 e. The molecule has 0 bridgehead atoms. The maximum atomic E-state index is 13.0. The van der Waals surface area contributed by atoms with Crippen LogP contribution in [0.5, 0.6) is 0 Å². The number of rotatable bonds is 6. The Balaban J connectivity index is 1.46. The number of nitrogens with one attached hydrogen (secondary N) is 3. The molecule has 8 nitrogen and oxygen atoms in total. The van der Waals surface area contributed by atoms with Gasteiger partial charge in [-0.1, -0.05) is 35.9 Å². The quantitative estimate of drug-likeness (QED) is 0.465. The largest absolute Gasteiger partial charge is 0.324 e. The third kappa shape index (κ3) is 5.21. The van der Waals surface area contributed by atoms with E-state index in [1.165, 1.54) is 12.5 Å². The molecule has 34 heavy (non-hydrogen) atoms. The van der Waals surface area contributed by atoms with Crippen molar-refractivity contribution in [1.29, 1.82) is 0 Å². The first-order valence-electron chi connectivity index (χ1n) is 10.5. The molecule has 0 atom stereocenters. The summed E-state index contributed by atoms with van der Waals surface area (Å²) in [5.41, 5.74) is 1.67. The average molecular weight is 499 g/mol. The lowest BCUT2D eigenvalue weighted by molar-refractivity contribution is -0.118. The average Bonchev–Trinajstić information content (AvgIpc) is 3.56. The summed E-state index contributed by atoms with van der Waals surface area (Å²) in [4.78, 5) is 29.6. The monoisotopic (exact) mass is 498 g/mol. The Labute approximate surface area is 202 Å². The summed E-state index contributed by atoms with van der Waals surface area (Å²) in [6, 6.07) is 14.7. The van der Waals surface area contributed by atoms with Gasteiger partial charge in [-0.2, -0.15) is 0 Å². The minimum atomic E-state index is -3.40. The number of carbonyl (C=O) groups is 2. The third-order valence-electron chi connectivity index (χ3n) is 5.58. The van der Waals surface area contributed by atoms with Crippen LogP contribution in [0, 0.1) is 6.92 Å². The van der Waals surface area contributed by atoms with Crippen LogP contribution in [0.1, 0.15) is 18.4 Å². The first-order chi connectivity index (χ1) is 16.1. The summed E-state index contributed by atoms with van der Waals surface area (Å²) in [6.07, 6.45) is 3.62. The van der Waals surface area contributed by atoms with Gasteiger partial charge in [0.2, 0.25) is 5.91 Å². The zero-order chi connectivity index (χ0) is 24.5. The summed E-state index contributed by atoms with van der Waals surface area (Å²) < 4.78 is 24.3. The molecular weight excluding hydrogens is 476 g/mol. The van der Waals surface area contributed by atoms with Crippen molar-refractivity contribution in [2.24, 2.45) is 0 Å². The number of pyridine rings is 1. The molecule has 0 saturated heterocycles. The number of aryl methyl sites for hydroxylation is 1. The zero-order valence-electron chi connectivity index (χ0n) is 18.6. The molecule has 1 aromatic heterocycles. The maximum absolute atomic E-state index is 13.0. The number of urea groups is 1. The molecule has 1 saturated carbocycles. The molecule has 3 aromatic rings. The molecule has 1 fully saturated rings. The predicted octanol–water partition coefficient (Wildman–Crippen LogP) is 4.41. The topological polar surface area (TPSA) is 117 Å². The molecule has 1 heterocycles. The Bertz CT molecular complexity index is 1370. The van der Waals surface area contributed by atoms with Crippen LogP contribution in [0.3, 0.4) is 0 Å². The molecule has 2 aromatic carbocycles. The van der Waals surface area contributed by atoms with E-state index in [1.54, 1.807) is 48.5 Å². The highest BCUT2D eigenvalue weighted by Crippen LogP contribution is 2.37. The highest BCUT2D eigenvalue weighted by atomic mass is 35.5. The van der Waals surface area contributed by atoms with Gasteiger partial charge in [0.25, 0.3) is 0 Å². The molecule has 0 radical (unpaired) electrons. The van der Waals surface area contributed by atoms with Crippen LogP contribution in [-0.2, 0) is 14.6 Å². The zero-order valence-corrected chi connectivity index (χ0v) is 20.1. The third-order valence-corrected chi connectivity index (χ3v) is 6.96. The predicted molar refractivity (Wildman–Crippen MR) is 132 cm³/mol. The number of halogens is 1. The normalized spacial score (nSPS) is 14.2. The number of nitrogens with zero attached hydrogens (tertiary/aromatic N) is 1. The summed E-state index contributed by atoms with van der Waals surface area (Å²) >= 11 is 5.80. The van der Waals surface area contributed by atoms with E-state index in [2.05, 4.69) is 20.9 Å². The van der Waals surface area contributed by atoms with Crippen molar-refractivity contribution in [3.05, 3.63) is 71.4 Å². The Kier molecular flexibility index (Phi) is 6.33. The van der Waals surface area contributed by atoms with Gasteiger partial charge in [-0.3, -0.25) is 10.1 Å². The molecule has 10 heteroatoms. The molecule has 1 aliphatic carbocycles. The van der Waals surface area contributed by atoms with E-state index in [9.17, 15) is 18.0 Å². The van der Waals surface area contributed by atoms with Crippen LogP contribution < -0.4 is 16.0 Å². The van der Waals surface area contributed by atoms with Crippen molar-refractivity contribution in [2.75, 3.05) is 16.9 Å². The van der Waals surface area contributed by atoms with Gasteiger partial charge < -0.3 is 10.6 Å². The highest BCUT2D eigenvalue weighted by Gasteiger charge is 2.51. The van der Waals surface area contributed by atoms with Crippen molar-refractivity contribution in [3.63, 3.8) is 0 Å². The highest BCUT2D eigenvalue weighted by molar-refractivity contribution is 7.90. The Morgan fingerprint density at radius 1 is 1.03 bits per heavy atom. The molecule has 1 aliphatic rings. The van der Waals surface area contributed by atoms with Crippen LogP contribution in [0.15, 0.2) is 65.7 Å². The molecule has 4 rings (SSSR count). The van der Waals surface area contributed by atoms with E-state index < -0.39 is 21.4 Å². The van der Waals surface area contributed by atoms with Gasteiger partial charge in [0.05, 0.1) is 9.92 Å². The second-order valence-corrected chi connectivity index (χ2v) is 10.7. The van der Waals surface area contributed by atoms with Gasteiger partial charge in [0.1, 0.15) is 11.4 Å². The standard InChI is InChI=1S/C24H23ClN4O4S/c1-15-13-16(18-5-3-4-6-20(18)34(2,32)33)7-9-19(15)27-22(30)24(11-12-24)29-23(31)28-21-10-8-17(25)14-26-21/h3-10,13-14H,11-12H2,1-2H3,(H,27,30)(H2,26,28,29,31). The summed E-state index contributed by atoms with van der Waals surface area (Å²) in [6.45, 7) is 1.83. The van der Waals surface area contributed by atoms with E-state index >= 15 is 0 Å². The molecule has 3 N–H and O–H groups in total. The fourth-order valence-electron chi connectivity index (χ4n) is 3.59. The SMILES string of the molecule is Cc1cc(-c2ccccc2S(C)(=O)=O)ccc1NC(=O)C1(NC(=O)Nc2ccc(Cl)cn2)CC1. The number of hydrogen-bond donors (Lipinski definition) is 3. The van der Waals surface area contributed by atoms with E-state index in [1.807, 2.05) is 13.0 Å². The maximum Gasteiger partial charge on any atom is 0.321 e. The van der Waals surface area contributed by atoms with Gasteiger partial charge in [0, 0.05) is 23.7 Å². The van der Waals surface area contributed by atoms with Gasteiger partial charge in [-0.15, -0.1) is 0 Å². The second kappa shape index (κ2) is 9.08. The molecule has 176 valence electrons. The number of benzene rings is 2. The number of anilines is 2. The lowest BCUT2D eigenvalue weighted by atomic mass is 10.0. The number of hydrogen-bond acceptors (Lipinski definition) is 5. The van der Waals surface area contributed by atoms with Gasteiger partial charge >= 0.3 is 6.03 Å². The van der Waals surface area contributed by atoms with E-state index in [0.717, 1.165) is 11.1 Å². The first kappa shape index (κ1) is 23.7. The second-order valence-electron chi connectivity index (χ2n) is 8.28. The van der Waals surface area contributed by atoms with E-state index in [0.29, 0.717) is 34.9 Å². The van der Waals surface area contributed by atoms with Crippen LogP contribution in [-0.4, -0.2) is 37.1 Å². The number of amides is 3. The first-order valence-corrected chi connectivity index (χ1v) is 12.8. The molecule has 0 spiro atoms. The van der Waals surface area contributed by atoms with E-state index in [-0.39, 0.29) is 10.8 Å². The number of carbonyl (C=O) groups excluding carboxylic acids is 2. The summed E-state index contributed by atoms with van der Waals surface area (Å²) in [7, 11) is -3.40. The van der Waals surface area contributed by atoms with Crippen molar-refractivity contribution in [1.82, 2.24) is 10.3 Å². The minimum Gasteiger partial charge on any atom is -0.324 e. The van der Waals surface area contributed by atoms with Crippen molar-refractivity contribution in [3.8, 4) is 11.1 Å². The van der Waals surface area contributed by atoms with Crippen LogP contribution in [0.2, 0.25) is 5.02 Å². The molecule has 0 unspecified atom stereocenters. The van der Waals surface area contributed by atoms with Crippen molar-refractivity contribution < 1.29 is 18.0 Å². The van der Waals surface area contributed by atoms with Crippen LogP contribution in [0.25, 0.3) is 11.1 Å². The number of sulfone groups is 1.